The molecule has 1 amide bonds. The van der Waals surface area contributed by atoms with Crippen molar-refractivity contribution in [3.63, 3.8) is 0 Å². The predicted molar refractivity (Wildman–Crippen MR) is 96.7 cm³/mol. The van der Waals surface area contributed by atoms with E-state index in [0.29, 0.717) is 17.7 Å². The summed E-state index contributed by atoms with van der Waals surface area (Å²) in [7, 11) is 0. The summed E-state index contributed by atoms with van der Waals surface area (Å²) in [5.41, 5.74) is 2.22. The van der Waals surface area contributed by atoms with Gasteiger partial charge in [0.2, 0.25) is 11.0 Å². The fraction of sp³-hybridized carbons (Fsp3) is 0.600. The largest absolute Gasteiger partial charge is 0.299 e. The van der Waals surface area contributed by atoms with Crippen LogP contribution in [0.1, 0.15) is 30.8 Å². The average molecular weight is 367 g/mol. The molecule has 0 spiro atoms. The highest BCUT2D eigenvalue weighted by atomic mass is 32.2. The zero-order valence-electron chi connectivity index (χ0n) is 14.2. The van der Waals surface area contributed by atoms with Gasteiger partial charge in [-0.3, -0.25) is 19.7 Å². The maximum absolute atomic E-state index is 12.2. The number of rotatable bonds is 6. The highest BCUT2D eigenvalue weighted by molar-refractivity contribution is 8.01. The van der Waals surface area contributed by atoms with Gasteiger partial charge in [-0.15, -0.1) is 10.2 Å². The highest BCUT2D eigenvalue weighted by Gasteiger charge is 2.27. The van der Waals surface area contributed by atoms with E-state index in [4.69, 9.17) is 0 Å². The van der Waals surface area contributed by atoms with Crippen molar-refractivity contribution in [3.8, 4) is 0 Å². The molecule has 1 aliphatic heterocycles. The molecule has 0 saturated carbocycles. The maximum atomic E-state index is 12.2. The topological polar surface area (TPSA) is 75.9 Å². The quantitative estimate of drug-likeness (QED) is 0.625. The SMILES string of the molecule is CCSc1nnc(NC(=O)CN2CC[C@@H](n3nc(C)cc3C)C2)s1. The third-order valence-electron chi connectivity index (χ3n) is 3.93. The van der Waals surface area contributed by atoms with Crippen LogP contribution in [0.5, 0.6) is 0 Å². The van der Waals surface area contributed by atoms with E-state index < -0.39 is 0 Å². The summed E-state index contributed by atoms with van der Waals surface area (Å²) in [5.74, 6) is 0.914. The van der Waals surface area contributed by atoms with Crippen LogP contribution in [0.2, 0.25) is 0 Å². The van der Waals surface area contributed by atoms with Crippen LogP contribution in [0.25, 0.3) is 0 Å². The van der Waals surface area contributed by atoms with Gasteiger partial charge in [0, 0.05) is 18.8 Å². The molecule has 1 N–H and O–H groups in total. The minimum absolute atomic E-state index is 0.0341. The highest BCUT2D eigenvalue weighted by Crippen LogP contribution is 2.25. The van der Waals surface area contributed by atoms with Crippen LogP contribution in [-0.2, 0) is 4.79 Å². The van der Waals surface area contributed by atoms with Gasteiger partial charge in [0.05, 0.1) is 18.3 Å². The molecule has 0 unspecified atom stereocenters. The van der Waals surface area contributed by atoms with Crippen molar-refractivity contribution in [1.82, 2.24) is 24.9 Å². The molecule has 2 aromatic heterocycles. The van der Waals surface area contributed by atoms with Gasteiger partial charge in [-0.25, -0.2) is 0 Å². The summed E-state index contributed by atoms with van der Waals surface area (Å²) in [5, 5.41) is 16.0. The summed E-state index contributed by atoms with van der Waals surface area (Å²) < 4.78 is 2.98. The van der Waals surface area contributed by atoms with E-state index in [1.807, 2.05) is 6.92 Å². The van der Waals surface area contributed by atoms with E-state index in [2.05, 4.69) is 50.1 Å². The lowest BCUT2D eigenvalue weighted by molar-refractivity contribution is -0.117. The van der Waals surface area contributed by atoms with Crippen LogP contribution >= 0.6 is 23.1 Å². The third kappa shape index (κ3) is 4.14. The number of anilines is 1. The van der Waals surface area contributed by atoms with Crippen molar-refractivity contribution in [2.24, 2.45) is 0 Å². The van der Waals surface area contributed by atoms with E-state index in [1.165, 1.54) is 17.0 Å². The first-order valence-electron chi connectivity index (χ1n) is 8.06. The van der Waals surface area contributed by atoms with E-state index in [-0.39, 0.29) is 5.91 Å². The van der Waals surface area contributed by atoms with Gasteiger partial charge in [-0.1, -0.05) is 30.0 Å². The number of amides is 1. The first kappa shape index (κ1) is 17.4. The fourth-order valence-corrected chi connectivity index (χ4v) is 4.64. The molecule has 1 fully saturated rings. The Morgan fingerprint density at radius 3 is 3.00 bits per heavy atom. The molecule has 3 heterocycles. The normalized spacial score (nSPS) is 18.2. The summed E-state index contributed by atoms with van der Waals surface area (Å²) >= 11 is 3.05. The van der Waals surface area contributed by atoms with Crippen LogP contribution in [0.3, 0.4) is 0 Å². The summed E-state index contributed by atoms with van der Waals surface area (Å²) in [6, 6.07) is 2.44. The summed E-state index contributed by atoms with van der Waals surface area (Å²) in [6.45, 7) is 8.29. The van der Waals surface area contributed by atoms with Crippen molar-refractivity contribution in [2.75, 3.05) is 30.7 Å². The smallest absolute Gasteiger partial charge is 0.240 e. The molecule has 24 heavy (non-hydrogen) atoms. The summed E-state index contributed by atoms with van der Waals surface area (Å²) in [6.07, 6.45) is 1.02. The Balaban J connectivity index is 1.51. The van der Waals surface area contributed by atoms with Gasteiger partial charge in [-0.05, 0) is 32.1 Å². The molecule has 130 valence electrons. The molecule has 3 rings (SSSR count). The summed E-state index contributed by atoms with van der Waals surface area (Å²) in [4.78, 5) is 14.4. The van der Waals surface area contributed by atoms with Crippen molar-refractivity contribution in [2.45, 2.75) is 37.6 Å². The first-order chi connectivity index (χ1) is 11.5. The lowest BCUT2D eigenvalue weighted by atomic mass is 10.2. The first-order valence-corrected chi connectivity index (χ1v) is 9.86. The predicted octanol–water partition coefficient (Wildman–Crippen LogP) is 2.35. The Hall–Kier alpha value is -1.45. The van der Waals surface area contributed by atoms with Crippen LogP contribution in [0.15, 0.2) is 10.4 Å². The van der Waals surface area contributed by atoms with Gasteiger partial charge in [0.1, 0.15) is 0 Å². The molecular weight excluding hydrogens is 344 g/mol. The second-order valence-electron chi connectivity index (χ2n) is 5.90. The zero-order chi connectivity index (χ0) is 17.1. The molecular formula is C15H22N6OS2. The minimum Gasteiger partial charge on any atom is -0.299 e. The number of nitrogens with zero attached hydrogens (tertiary/aromatic N) is 5. The number of hydrogen-bond donors (Lipinski definition) is 1. The minimum atomic E-state index is -0.0341. The van der Waals surface area contributed by atoms with Crippen LogP contribution in [-0.4, -0.2) is 56.2 Å². The molecule has 1 aliphatic rings. The van der Waals surface area contributed by atoms with Crippen molar-refractivity contribution >= 4 is 34.1 Å². The molecule has 0 aliphatic carbocycles. The molecule has 7 nitrogen and oxygen atoms in total. The van der Waals surface area contributed by atoms with Gasteiger partial charge in [0.15, 0.2) is 4.34 Å². The number of thioether (sulfide) groups is 1. The molecule has 9 heteroatoms. The van der Waals surface area contributed by atoms with Crippen molar-refractivity contribution < 1.29 is 4.79 Å². The Bertz CT molecular complexity index is 713. The lowest BCUT2D eigenvalue weighted by Gasteiger charge is -2.16. The van der Waals surface area contributed by atoms with E-state index >= 15 is 0 Å². The van der Waals surface area contributed by atoms with Gasteiger partial charge in [-0.2, -0.15) is 5.10 Å². The number of carbonyl (C=O) groups is 1. The van der Waals surface area contributed by atoms with E-state index in [0.717, 1.165) is 35.3 Å². The Labute approximate surface area is 149 Å². The molecule has 2 aromatic rings. The fourth-order valence-electron chi connectivity index (χ4n) is 2.98. The Kier molecular flexibility index (Phi) is 5.52. The number of nitrogens with one attached hydrogen (secondary N) is 1. The second-order valence-corrected chi connectivity index (χ2v) is 8.39. The molecule has 1 atom stereocenters. The van der Waals surface area contributed by atoms with Crippen LogP contribution in [0.4, 0.5) is 5.13 Å². The number of carbonyl (C=O) groups excluding carboxylic acids is 1. The van der Waals surface area contributed by atoms with E-state index in [1.54, 1.807) is 11.8 Å². The second kappa shape index (κ2) is 7.62. The zero-order valence-corrected chi connectivity index (χ0v) is 15.8. The molecule has 0 aromatic carbocycles. The number of likely N-dealkylation sites (tertiary alicyclic amines) is 1. The van der Waals surface area contributed by atoms with Gasteiger partial charge in [0.25, 0.3) is 0 Å². The van der Waals surface area contributed by atoms with Crippen LogP contribution in [0, 0.1) is 13.8 Å². The van der Waals surface area contributed by atoms with Crippen molar-refractivity contribution in [1.29, 1.82) is 0 Å². The number of aromatic nitrogens is 4. The third-order valence-corrected chi connectivity index (χ3v) is 5.78. The number of hydrogen-bond acceptors (Lipinski definition) is 7. The van der Waals surface area contributed by atoms with E-state index in [9.17, 15) is 4.79 Å². The Morgan fingerprint density at radius 2 is 2.29 bits per heavy atom. The Morgan fingerprint density at radius 1 is 1.46 bits per heavy atom. The molecule has 0 radical (unpaired) electrons. The van der Waals surface area contributed by atoms with Crippen LogP contribution < -0.4 is 5.32 Å². The van der Waals surface area contributed by atoms with Gasteiger partial charge >= 0.3 is 0 Å². The van der Waals surface area contributed by atoms with Gasteiger partial charge < -0.3 is 0 Å². The standard InChI is InChI=1S/C15H22N6OS2/c1-4-23-15-18-17-14(24-15)16-13(22)9-20-6-5-12(8-20)21-11(3)7-10(2)19-21/h7,12H,4-6,8-9H2,1-3H3,(H,16,17,22)/t12-/m1/s1. The average Bonchev–Trinajstić information content (AvgIpc) is 3.21. The molecule has 1 saturated heterocycles. The number of aryl methyl sites for hydroxylation is 2. The maximum Gasteiger partial charge on any atom is 0.240 e. The molecule has 0 bridgehead atoms. The monoisotopic (exact) mass is 366 g/mol. The lowest BCUT2D eigenvalue weighted by Crippen LogP contribution is -2.32. The van der Waals surface area contributed by atoms with Crippen molar-refractivity contribution in [3.05, 3.63) is 17.5 Å².